The Morgan fingerprint density at radius 1 is 1.03 bits per heavy atom. The molecule has 34 heavy (non-hydrogen) atoms. The fourth-order valence-electron chi connectivity index (χ4n) is 5.07. The molecule has 0 spiro atoms. The van der Waals surface area contributed by atoms with E-state index in [1.165, 1.54) is 14.0 Å². The largest absolute Gasteiger partial charge is 0.508 e. The molecule has 2 aliphatic rings. The van der Waals surface area contributed by atoms with Gasteiger partial charge in [0.15, 0.2) is 11.5 Å². The van der Waals surface area contributed by atoms with E-state index in [-0.39, 0.29) is 30.0 Å². The van der Waals surface area contributed by atoms with Crippen molar-refractivity contribution in [3.05, 3.63) is 64.7 Å². The van der Waals surface area contributed by atoms with Gasteiger partial charge in [-0.15, -0.1) is 0 Å². The number of fused-ring (bicyclic) bond motifs is 4. The van der Waals surface area contributed by atoms with Crippen molar-refractivity contribution in [3.8, 4) is 39.9 Å². The Balaban J connectivity index is 1.67. The Kier molecular flexibility index (Phi) is 5.48. The van der Waals surface area contributed by atoms with Gasteiger partial charge in [0, 0.05) is 18.1 Å². The topological polar surface area (TPSA) is 94.5 Å². The summed E-state index contributed by atoms with van der Waals surface area (Å²) in [5.74, 6) is 1.26. The third-order valence-electron chi connectivity index (χ3n) is 6.58. The van der Waals surface area contributed by atoms with Gasteiger partial charge in [-0.1, -0.05) is 12.1 Å². The lowest BCUT2D eigenvalue weighted by atomic mass is 9.81. The van der Waals surface area contributed by atoms with E-state index in [4.69, 9.17) is 18.9 Å². The first-order valence-corrected chi connectivity index (χ1v) is 11.1. The van der Waals surface area contributed by atoms with Gasteiger partial charge < -0.3 is 29.2 Å². The van der Waals surface area contributed by atoms with E-state index in [1.807, 2.05) is 12.1 Å². The average molecular weight is 462 g/mol. The van der Waals surface area contributed by atoms with Gasteiger partial charge in [0.05, 0.1) is 20.1 Å². The van der Waals surface area contributed by atoms with Crippen LogP contribution in [0.3, 0.4) is 0 Å². The number of aryl methyl sites for hydroxylation is 2. The van der Waals surface area contributed by atoms with Gasteiger partial charge >= 0.3 is 5.97 Å². The molecular formula is C27H26O7. The second-order valence-corrected chi connectivity index (χ2v) is 8.58. The Morgan fingerprint density at radius 3 is 2.56 bits per heavy atom. The number of phenols is 2. The molecular weight excluding hydrogens is 436 g/mol. The molecule has 3 aromatic carbocycles. The lowest BCUT2D eigenvalue weighted by molar-refractivity contribution is -0.141. The maximum atomic E-state index is 11.7. The van der Waals surface area contributed by atoms with E-state index in [0.29, 0.717) is 17.2 Å². The molecule has 0 saturated heterocycles. The molecule has 0 saturated carbocycles. The first-order chi connectivity index (χ1) is 16.4. The van der Waals surface area contributed by atoms with Crippen LogP contribution in [0.5, 0.6) is 28.7 Å². The fraction of sp³-hybridized carbons (Fsp3) is 0.296. The minimum Gasteiger partial charge on any atom is -0.508 e. The zero-order valence-electron chi connectivity index (χ0n) is 19.3. The summed E-state index contributed by atoms with van der Waals surface area (Å²) < 4.78 is 23.2. The van der Waals surface area contributed by atoms with E-state index in [2.05, 4.69) is 0 Å². The van der Waals surface area contributed by atoms with Crippen LogP contribution in [-0.4, -0.2) is 37.0 Å². The number of carbonyl (C=O) groups is 1. The quantitative estimate of drug-likeness (QED) is 0.533. The predicted octanol–water partition coefficient (Wildman–Crippen LogP) is 4.66. The third kappa shape index (κ3) is 3.57. The fourth-order valence-corrected chi connectivity index (χ4v) is 5.07. The van der Waals surface area contributed by atoms with E-state index in [9.17, 15) is 15.0 Å². The standard InChI is InChI=1S/C27H26O7/c1-14(28)33-13-20-25-23(34-26(20)17-6-9-21(30)22(12-17)31-2)11-16-5-4-15-10-18(29)7-8-19(15)24(16)27(25)32-3/h6-12,20,26,29-30H,4-5,13H2,1-3H3. The molecule has 5 rings (SSSR count). The van der Waals surface area contributed by atoms with Crippen LogP contribution in [0.25, 0.3) is 11.1 Å². The summed E-state index contributed by atoms with van der Waals surface area (Å²) >= 11 is 0. The Morgan fingerprint density at radius 2 is 1.82 bits per heavy atom. The van der Waals surface area contributed by atoms with Crippen LogP contribution in [0, 0.1) is 0 Å². The lowest BCUT2D eigenvalue weighted by Crippen LogP contribution is -2.17. The van der Waals surface area contributed by atoms with Crippen LogP contribution in [0.15, 0.2) is 42.5 Å². The van der Waals surface area contributed by atoms with Crippen molar-refractivity contribution in [3.63, 3.8) is 0 Å². The van der Waals surface area contributed by atoms with Crippen molar-refractivity contribution in [2.24, 2.45) is 0 Å². The molecule has 3 aromatic rings. The third-order valence-corrected chi connectivity index (χ3v) is 6.58. The van der Waals surface area contributed by atoms with Crippen molar-refractivity contribution >= 4 is 5.97 Å². The molecule has 0 radical (unpaired) electrons. The number of phenolic OH excluding ortho intramolecular Hbond substituents is 2. The van der Waals surface area contributed by atoms with Crippen LogP contribution in [0.1, 0.15) is 41.2 Å². The Labute approximate surface area is 197 Å². The summed E-state index contributed by atoms with van der Waals surface area (Å²) in [5.41, 5.74) is 5.77. The maximum Gasteiger partial charge on any atom is 0.302 e. The number of hydrogen-bond acceptors (Lipinski definition) is 7. The monoisotopic (exact) mass is 462 g/mol. The van der Waals surface area contributed by atoms with Gasteiger partial charge in [-0.05, 0) is 65.4 Å². The lowest BCUT2D eigenvalue weighted by Gasteiger charge is -2.25. The molecule has 7 heteroatoms. The second kappa shape index (κ2) is 8.48. The highest BCUT2D eigenvalue weighted by Crippen LogP contribution is 2.56. The van der Waals surface area contributed by atoms with Gasteiger partial charge in [-0.2, -0.15) is 0 Å². The number of esters is 1. The molecule has 0 aromatic heterocycles. The predicted molar refractivity (Wildman–Crippen MR) is 125 cm³/mol. The molecule has 2 N–H and O–H groups in total. The SMILES string of the molecule is COc1cc(C2Oc3cc4c(c(OC)c3C2COC(C)=O)-c2ccc(O)cc2CC4)ccc1O. The highest BCUT2D eigenvalue weighted by Gasteiger charge is 2.41. The molecule has 1 aliphatic heterocycles. The minimum atomic E-state index is -0.471. The summed E-state index contributed by atoms with van der Waals surface area (Å²) in [6, 6.07) is 12.5. The molecule has 7 nitrogen and oxygen atoms in total. The zero-order valence-corrected chi connectivity index (χ0v) is 19.3. The number of rotatable bonds is 5. The van der Waals surface area contributed by atoms with Gasteiger partial charge in [0.25, 0.3) is 0 Å². The molecule has 0 amide bonds. The summed E-state index contributed by atoms with van der Waals surface area (Å²) in [6.07, 6.45) is 1.11. The minimum absolute atomic E-state index is 0.0335. The number of methoxy groups -OCH3 is 2. The Bertz CT molecular complexity index is 1280. The maximum absolute atomic E-state index is 11.7. The molecule has 0 bridgehead atoms. The van der Waals surface area contributed by atoms with Crippen LogP contribution < -0.4 is 14.2 Å². The second-order valence-electron chi connectivity index (χ2n) is 8.58. The van der Waals surface area contributed by atoms with Gasteiger partial charge in [-0.3, -0.25) is 4.79 Å². The molecule has 2 atom stereocenters. The van der Waals surface area contributed by atoms with E-state index in [1.54, 1.807) is 37.4 Å². The first-order valence-electron chi connectivity index (χ1n) is 11.1. The van der Waals surface area contributed by atoms with E-state index < -0.39 is 6.10 Å². The van der Waals surface area contributed by atoms with Gasteiger partial charge in [-0.25, -0.2) is 0 Å². The molecule has 2 unspecified atom stereocenters. The van der Waals surface area contributed by atoms with Gasteiger partial charge in [0.1, 0.15) is 30.0 Å². The van der Waals surface area contributed by atoms with E-state index >= 15 is 0 Å². The summed E-state index contributed by atoms with van der Waals surface area (Å²) in [4.78, 5) is 11.7. The van der Waals surface area contributed by atoms with Crippen molar-refractivity contribution in [2.75, 3.05) is 20.8 Å². The number of aromatic hydroxyl groups is 2. The van der Waals surface area contributed by atoms with Crippen LogP contribution in [0.4, 0.5) is 0 Å². The molecule has 0 fully saturated rings. The van der Waals surface area contributed by atoms with Gasteiger partial charge in [0.2, 0.25) is 0 Å². The van der Waals surface area contributed by atoms with Crippen molar-refractivity contribution < 1.29 is 34.0 Å². The van der Waals surface area contributed by atoms with Crippen LogP contribution in [-0.2, 0) is 22.4 Å². The zero-order chi connectivity index (χ0) is 24.0. The van der Waals surface area contributed by atoms with Crippen molar-refractivity contribution in [2.45, 2.75) is 31.8 Å². The highest BCUT2D eigenvalue weighted by molar-refractivity contribution is 5.83. The number of benzene rings is 3. The summed E-state index contributed by atoms with van der Waals surface area (Å²) in [6.45, 7) is 1.48. The molecule has 1 heterocycles. The van der Waals surface area contributed by atoms with Crippen LogP contribution in [0.2, 0.25) is 0 Å². The van der Waals surface area contributed by atoms with Crippen LogP contribution >= 0.6 is 0 Å². The van der Waals surface area contributed by atoms with Crippen molar-refractivity contribution in [1.29, 1.82) is 0 Å². The Hall–Kier alpha value is -3.87. The number of carbonyl (C=O) groups excluding carboxylic acids is 1. The summed E-state index contributed by atoms with van der Waals surface area (Å²) in [5, 5.41) is 20.0. The average Bonchev–Trinajstić information content (AvgIpc) is 3.19. The van der Waals surface area contributed by atoms with E-state index in [0.717, 1.165) is 46.2 Å². The first kappa shape index (κ1) is 21.9. The molecule has 1 aliphatic carbocycles. The smallest absolute Gasteiger partial charge is 0.302 e. The molecule has 176 valence electrons. The highest BCUT2D eigenvalue weighted by atomic mass is 16.5. The van der Waals surface area contributed by atoms with Crippen molar-refractivity contribution in [1.82, 2.24) is 0 Å². The summed E-state index contributed by atoms with van der Waals surface area (Å²) in [7, 11) is 3.12. The number of ether oxygens (including phenoxy) is 4. The number of hydrogen-bond donors (Lipinski definition) is 2. The normalized spacial score (nSPS) is 17.7.